The number of alkyl halides is 1. The van der Waals surface area contributed by atoms with Gasteiger partial charge in [-0.3, -0.25) is 4.79 Å². The summed E-state index contributed by atoms with van der Waals surface area (Å²) in [4.78, 5) is 14.5. The minimum Gasteiger partial charge on any atom is -0.368 e. The second-order valence-corrected chi connectivity index (χ2v) is 5.98. The second-order valence-electron chi connectivity index (χ2n) is 4.68. The van der Waals surface area contributed by atoms with Gasteiger partial charge in [-0.1, -0.05) is 22.9 Å². The average molecular weight is 276 g/mol. The van der Waals surface area contributed by atoms with E-state index in [4.69, 9.17) is 4.74 Å². The summed E-state index contributed by atoms with van der Waals surface area (Å²) in [7, 11) is 0. The molecule has 2 aliphatic heterocycles. The molecule has 86 valence electrons. The monoisotopic (exact) mass is 275 g/mol. The van der Waals surface area contributed by atoms with E-state index in [1.54, 1.807) is 0 Å². The van der Waals surface area contributed by atoms with Gasteiger partial charge in [-0.2, -0.15) is 0 Å². The van der Waals surface area contributed by atoms with Crippen LogP contribution in [0.5, 0.6) is 0 Å². The fraction of sp³-hybridized carbons (Fsp3) is 0.909. The third-order valence-electron chi connectivity index (χ3n) is 3.13. The van der Waals surface area contributed by atoms with Crippen LogP contribution in [0.3, 0.4) is 0 Å². The normalized spacial score (nSPS) is 36.9. The number of ether oxygens (including phenoxy) is 1. The number of hydrogen-bond acceptors (Lipinski definition) is 2. The first-order valence-electron chi connectivity index (χ1n) is 5.71. The van der Waals surface area contributed by atoms with Crippen molar-refractivity contribution in [2.75, 3.05) is 19.7 Å². The van der Waals surface area contributed by atoms with Crippen molar-refractivity contribution in [1.82, 2.24) is 4.90 Å². The van der Waals surface area contributed by atoms with Crippen LogP contribution in [0.2, 0.25) is 0 Å². The zero-order valence-electron chi connectivity index (χ0n) is 9.12. The third-order valence-corrected chi connectivity index (χ3v) is 3.79. The van der Waals surface area contributed by atoms with Crippen molar-refractivity contribution in [3.8, 4) is 0 Å². The Hall–Kier alpha value is -0.0900. The van der Waals surface area contributed by atoms with Crippen LogP contribution in [0.1, 0.15) is 26.2 Å². The van der Waals surface area contributed by atoms with Crippen LogP contribution in [0, 0.1) is 5.92 Å². The molecule has 2 rings (SSSR count). The largest absolute Gasteiger partial charge is 0.368 e. The van der Waals surface area contributed by atoms with Crippen molar-refractivity contribution in [2.45, 2.75) is 37.1 Å². The van der Waals surface area contributed by atoms with Crippen molar-refractivity contribution in [2.24, 2.45) is 5.92 Å². The van der Waals surface area contributed by atoms with Gasteiger partial charge in [0.1, 0.15) is 6.10 Å². The topological polar surface area (TPSA) is 29.5 Å². The lowest BCUT2D eigenvalue weighted by atomic mass is 9.99. The molecule has 1 amide bonds. The fourth-order valence-electron chi connectivity index (χ4n) is 2.43. The van der Waals surface area contributed by atoms with E-state index >= 15 is 0 Å². The van der Waals surface area contributed by atoms with E-state index in [1.165, 1.54) is 0 Å². The van der Waals surface area contributed by atoms with Gasteiger partial charge in [0.2, 0.25) is 0 Å². The number of carbonyl (C=O) groups excluding carboxylic acids is 1. The van der Waals surface area contributed by atoms with Crippen LogP contribution < -0.4 is 0 Å². The van der Waals surface area contributed by atoms with Gasteiger partial charge in [-0.25, -0.2) is 0 Å². The van der Waals surface area contributed by atoms with Crippen LogP contribution in [0.4, 0.5) is 0 Å². The van der Waals surface area contributed by atoms with E-state index < -0.39 is 0 Å². The molecular weight excluding hydrogens is 258 g/mol. The molecule has 0 spiro atoms. The Bertz CT molecular complexity index is 231. The maximum absolute atomic E-state index is 12.1. The van der Waals surface area contributed by atoms with Gasteiger partial charge in [-0.15, -0.1) is 0 Å². The van der Waals surface area contributed by atoms with Crippen LogP contribution in [0.15, 0.2) is 0 Å². The van der Waals surface area contributed by atoms with Crippen LogP contribution >= 0.6 is 15.9 Å². The lowest BCUT2D eigenvalue weighted by Gasteiger charge is -2.35. The number of carbonyl (C=O) groups is 1. The Kier molecular flexibility index (Phi) is 3.67. The van der Waals surface area contributed by atoms with E-state index in [0.29, 0.717) is 10.7 Å². The average Bonchev–Trinajstić information content (AvgIpc) is 2.67. The molecule has 4 heteroatoms. The molecule has 0 radical (unpaired) electrons. The summed E-state index contributed by atoms with van der Waals surface area (Å²) in [5, 5.41) is 0. The predicted octanol–water partition coefficient (Wildman–Crippen LogP) is 1.80. The number of amides is 1. The SMILES string of the molecule is CC1CC(Br)CN(C(=O)C2CCCO2)C1. The molecule has 0 N–H and O–H groups in total. The first kappa shape index (κ1) is 11.4. The van der Waals surface area contributed by atoms with E-state index in [1.807, 2.05) is 4.90 Å². The predicted molar refractivity (Wildman–Crippen MR) is 62.1 cm³/mol. The Balaban J connectivity index is 1.93. The Morgan fingerprint density at radius 2 is 2.27 bits per heavy atom. The lowest BCUT2D eigenvalue weighted by molar-refractivity contribution is -0.142. The molecule has 0 aliphatic carbocycles. The van der Waals surface area contributed by atoms with Gasteiger partial charge in [0.25, 0.3) is 5.91 Å². The molecule has 2 saturated heterocycles. The summed E-state index contributed by atoms with van der Waals surface area (Å²) in [6.45, 7) is 4.67. The smallest absolute Gasteiger partial charge is 0.251 e. The first-order valence-corrected chi connectivity index (χ1v) is 6.63. The number of likely N-dealkylation sites (tertiary alicyclic amines) is 1. The summed E-state index contributed by atoms with van der Waals surface area (Å²) in [5.74, 6) is 0.789. The van der Waals surface area contributed by atoms with Crippen molar-refractivity contribution < 1.29 is 9.53 Å². The maximum Gasteiger partial charge on any atom is 0.251 e. The lowest BCUT2D eigenvalue weighted by Crippen LogP contribution is -2.47. The number of halogens is 1. The molecule has 2 heterocycles. The first-order chi connectivity index (χ1) is 7.16. The number of hydrogen-bond donors (Lipinski definition) is 0. The van der Waals surface area contributed by atoms with E-state index in [2.05, 4.69) is 22.9 Å². The Morgan fingerprint density at radius 1 is 1.47 bits per heavy atom. The van der Waals surface area contributed by atoms with Gasteiger partial charge < -0.3 is 9.64 Å². The highest BCUT2D eigenvalue weighted by atomic mass is 79.9. The molecule has 2 aliphatic rings. The highest BCUT2D eigenvalue weighted by Gasteiger charge is 2.32. The molecule has 0 aromatic carbocycles. The molecule has 3 unspecified atom stereocenters. The van der Waals surface area contributed by atoms with Crippen molar-refractivity contribution in [1.29, 1.82) is 0 Å². The standard InChI is InChI=1S/C11H18BrNO2/c1-8-5-9(12)7-13(6-8)11(14)10-3-2-4-15-10/h8-10H,2-7H2,1H3. The van der Waals surface area contributed by atoms with Crippen LogP contribution in [-0.2, 0) is 9.53 Å². The molecule has 0 saturated carbocycles. The Morgan fingerprint density at radius 3 is 2.87 bits per heavy atom. The quantitative estimate of drug-likeness (QED) is 0.683. The van der Waals surface area contributed by atoms with Crippen molar-refractivity contribution >= 4 is 21.8 Å². The highest BCUT2D eigenvalue weighted by molar-refractivity contribution is 9.09. The number of nitrogens with zero attached hydrogens (tertiary/aromatic N) is 1. The minimum absolute atomic E-state index is 0.157. The van der Waals surface area contributed by atoms with Gasteiger partial charge in [-0.05, 0) is 25.2 Å². The fourth-order valence-corrected chi connectivity index (χ4v) is 3.42. The molecule has 0 bridgehead atoms. The summed E-state index contributed by atoms with van der Waals surface area (Å²) >= 11 is 3.61. The second kappa shape index (κ2) is 4.83. The summed E-state index contributed by atoms with van der Waals surface area (Å²) < 4.78 is 5.43. The van der Waals surface area contributed by atoms with Gasteiger partial charge >= 0.3 is 0 Å². The van der Waals surface area contributed by atoms with Gasteiger partial charge in [0, 0.05) is 24.5 Å². The highest BCUT2D eigenvalue weighted by Crippen LogP contribution is 2.24. The maximum atomic E-state index is 12.1. The number of piperidine rings is 1. The molecule has 3 nitrogen and oxygen atoms in total. The minimum atomic E-state index is -0.157. The zero-order chi connectivity index (χ0) is 10.8. The van der Waals surface area contributed by atoms with E-state index in [9.17, 15) is 4.79 Å². The summed E-state index contributed by atoms with van der Waals surface area (Å²) in [6, 6.07) is 0. The Labute approximate surface area is 99.3 Å². The number of rotatable bonds is 1. The molecule has 0 aromatic heterocycles. The molecule has 0 aromatic rings. The molecule has 2 fully saturated rings. The van der Waals surface area contributed by atoms with Gasteiger partial charge in [0.15, 0.2) is 0 Å². The van der Waals surface area contributed by atoms with E-state index in [0.717, 1.165) is 39.0 Å². The van der Waals surface area contributed by atoms with Crippen LogP contribution in [0.25, 0.3) is 0 Å². The van der Waals surface area contributed by atoms with Crippen molar-refractivity contribution in [3.05, 3.63) is 0 Å². The van der Waals surface area contributed by atoms with Gasteiger partial charge in [0.05, 0.1) is 0 Å². The van der Waals surface area contributed by atoms with Crippen molar-refractivity contribution in [3.63, 3.8) is 0 Å². The third kappa shape index (κ3) is 2.72. The van der Waals surface area contributed by atoms with E-state index in [-0.39, 0.29) is 12.0 Å². The zero-order valence-corrected chi connectivity index (χ0v) is 10.7. The molecular formula is C11H18BrNO2. The summed E-state index contributed by atoms with van der Waals surface area (Å²) in [6.07, 6.45) is 2.93. The summed E-state index contributed by atoms with van der Waals surface area (Å²) in [5.41, 5.74) is 0. The van der Waals surface area contributed by atoms with Crippen LogP contribution in [-0.4, -0.2) is 41.4 Å². The molecule has 15 heavy (non-hydrogen) atoms. The molecule has 3 atom stereocenters.